The largest absolute Gasteiger partial charge is 0.361 e. The fourth-order valence-electron chi connectivity index (χ4n) is 2.10. The van der Waals surface area contributed by atoms with Crippen molar-refractivity contribution in [1.82, 2.24) is 16.0 Å². The molecule has 2 amide bonds. The maximum absolute atomic E-state index is 12.0. The maximum Gasteiger partial charge on any atom is 0.274 e. The molecule has 7 nitrogen and oxygen atoms in total. The maximum atomic E-state index is 12.0. The number of benzene rings is 1. The standard InChI is InChI=1S/C15H17N3O4/c1-9-13(10(2)22-18-9)15(20)16-8-7-11-3-5-12(6-4-11)14(19)17-21/h3-6,21H,7-8H2,1-2H3,(H,16,20)(H,17,19). The van der Waals surface area contributed by atoms with Gasteiger partial charge in [0.05, 0.1) is 5.69 Å². The number of carbonyl (C=O) groups excluding carboxylic acids is 2. The first-order valence-electron chi connectivity index (χ1n) is 6.77. The first-order chi connectivity index (χ1) is 10.5. The molecule has 0 radical (unpaired) electrons. The average Bonchev–Trinajstić information content (AvgIpc) is 2.86. The van der Waals surface area contributed by atoms with Gasteiger partial charge in [-0.3, -0.25) is 14.8 Å². The van der Waals surface area contributed by atoms with Crippen LogP contribution in [0.3, 0.4) is 0 Å². The van der Waals surface area contributed by atoms with Crippen molar-refractivity contribution in [2.24, 2.45) is 0 Å². The Balaban J connectivity index is 1.89. The number of nitrogens with zero attached hydrogens (tertiary/aromatic N) is 1. The van der Waals surface area contributed by atoms with Crippen molar-refractivity contribution in [3.8, 4) is 0 Å². The van der Waals surface area contributed by atoms with Crippen LogP contribution in [0.15, 0.2) is 28.8 Å². The van der Waals surface area contributed by atoms with Gasteiger partial charge < -0.3 is 9.84 Å². The number of aryl methyl sites for hydroxylation is 2. The van der Waals surface area contributed by atoms with Crippen LogP contribution in [0.4, 0.5) is 0 Å². The van der Waals surface area contributed by atoms with Crippen LogP contribution in [0, 0.1) is 13.8 Å². The van der Waals surface area contributed by atoms with Crippen molar-refractivity contribution in [2.45, 2.75) is 20.3 Å². The van der Waals surface area contributed by atoms with Gasteiger partial charge in [0.25, 0.3) is 11.8 Å². The Morgan fingerprint density at radius 1 is 1.18 bits per heavy atom. The Morgan fingerprint density at radius 3 is 2.41 bits per heavy atom. The molecule has 0 saturated heterocycles. The molecule has 0 unspecified atom stereocenters. The van der Waals surface area contributed by atoms with Crippen LogP contribution in [-0.2, 0) is 6.42 Å². The Morgan fingerprint density at radius 2 is 1.86 bits per heavy atom. The van der Waals surface area contributed by atoms with Gasteiger partial charge in [-0.1, -0.05) is 17.3 Å². The Labute approximate surface area is 127 Å². The van der Waals surface area contributed by atoms with Crippen LogP contribution < -0.4 is 10.8 Å². The molecule has 0 aliphatic heterocycles. The quantitative estimate of drug-likeness (QED) is 0.572. The van der Waals surface area contributed by atoms with Crippen LogP contribution in [0.1, 0.15) is 37.7 Å². The van der Waals surface area contributed by atoms with Crippen molar-refractivity contribution >= 4 is 11.8 Å². The van der Waals surface area contributed by atoms with Gasteiger partial charge in [-0.15, -0.1) is 0 Å². The number of hydroxylamine groups is 1. The lowest BCUT2D eigenvalue weighted by molar-refractivity contribution is 0.0706. The van der Waals surface area contributed by atoms with E-state index in [0.29, 0.717) is 35.5 Å². The summed E-state index contributed by atoms with van der Waals surface area (Å²) in [6, 6.07) is 6.76. The van der Waals surface area contributed by atoms with E-state index >= 15 is 0 Å². The minimum Gasteiger partial charge on any atom is -0.361 e. The van der Waals surface area contributed by atoms with E-state index in [1.54, 1.807) is 43.6 Å². The third-order valence-corrected chi connectivity index (χ3v) is 3.28. The number of hydrogen-bond acceptors (Lipinski definition) is 5. The number of rotatable bonds is 5. The SMILES string of the molecule is Cc1noc(C)c1C(=O)NCCc1ccc(C(=O)NO)cc1. The van der Waals surface area contributed by atoms with E-state index in [-0.39, 0.29) is 5.91 Å². The summed E-state index contributed by atoms with van der Waals surface area (Å²) in [5.74, 6) is -0.278. The van der Waals surface area contributed by atoms with Gasteiger partial charge in [0.2, 0.25) is 0 Å². The van der Waals surface area contributed by atoms with Crippen LogP contribution in [0.25, 0.3) is 0 Å². The zero-order valence-corrected chi connectivity index (χ0v) is 12.3. The molecule has 0 saturated carbocycles. The molecule has 0 spiro atoms. The average molecular weight is 303 g/mol. The fourth-order valence-corrected chi connectivity index (χ4v) is 2.10. The number of amides is 2. The molecule has 0 aliphatic carbocycles. The summed E-state index contributed by atoms with van der Waals surface area (Å²) in [7, 11) is 0. The molecule has 116 valence electrons. The van der Waals surface area contributed by atoms with Gasteiger partial charge >= 0.3 is 0 Å². The Bertz CT molecular complexity index is 657. The minimum atomic E-state index is -0.557. The van der Waals surface area contributed by atoms with Crippen LogP contribution in [0.5, 0.6) is 0 Å². The number of carbonyl (C=O) groups is 2. The summed E-state index contributed by atoms with van der Waals surface area (Å²) in [6.07, 6.45) is 0.621. The molecular weight excluding hydrogens is 286 g/mol. The molecule has 3 N–H and O–H groups in total. The summed E-state index contributed by atoms with van der Waals surface area (Å²) >= 11 is 0. The molecule has 2 rings (SSSR count). The second-order valence-electron chi connectivity index (χ2n) is 4.84. The van der Waals surface area contributed by atoms with Crippen molar-refractivity contribution in [3.05, 3.63) is 52.4 Å². The highest BCUT2D eigenvalue weighted by Gasteiger charge is 2.16. The molecule has 7 heteroatoms. The van der Waals surface area contributed by atoms with Gasteiger partial charge in [0, 0.05) is 12.1 Å². The second-order valence-corrected chi connectivity index (χ2v) is 4.84. The lowest BCUT2D eigenvalue weighted by Gasteiger charge is -2.06. The molecule has 2 aromatic rings. The molecule has 0 fully saturated rings. The summed E-state index contributed by atoms with van der Waals surface area (Å²) in [6.45, 7) is 3.87. The fraction of sp³-hybridized carbons (Fsp3) is 0.267. The summed E-state index contributed by atoms with van der Waals surface area (Å²) < 4.78 is 4.96. The molecule has 1 heterocycles. The first kappa shape index (κ1) is 15.7. The van der Waals surface area contributed by atoms with E-state index in [1.165, 1.54) is 0 Å². The van der Waals surface area contributed by atoms with Gasteiger partial charge in [0.15, 0.2) is 0 Å². The van der Waals surface area contributed by atoms with E-state index in [1.807, 2.05) is 0 Å². The van der Waals surface area contributed by atoms with Crippen molar-refractivity contribution in [1.29, 1.82) is 0 Å². The zero-order valence-electron chi connectivity index (χ0n) is 12.3. The number of aromatic nitrogens is 1. The van der Waals surface area contributed by atoms with Gasteiger partial charge in [-0.05, 0) is 38.0 Å². The lowest BCUT2D eigenvalue weighted by Crippen LogP contribution is -2.26. The summed E-state index contributed by atoms with van der Waals surface area (Å²) in [5, 5.41) is 15.1. The van der Waals surface area contributed by atoms with Crippen molar-refractivity contribution in [3.63, 3.8) is 0 Å². The number of nitrogens with one attached hydrogen (secondary N) is 2. The third kappa shape index (κ3) is 3.50. The van der Waals surface area contributed by atoms with E-state index < -0.39 is 5.91 Å². The second kappa shape index (κ2) is 6.86. The predicted octanol–water partition coefficient (Wildman–Crippen LogP) is 1.38. The molecule has 1 aromatic heterocycles. The van der Waals surface area contributed by atoms with E-state index in [9.17, 15) is 9.59 Å². The smallest absolute Gasteiger partial charge is 0.274 e. The zero-order chi connectivity index (χ0) is 16.1. The lowest BCUT2D eigenvalue weighted by atomic mass is 10.1. The molecule has 0 bridgehead atoms. The molecule has 22 heavy (non-hydrogen) atoms. The monoisotopic (exact) mass is 303 g/mol. The van der Waals surface area contributed by atoms with E-state index in [0.717, 1.165) is 5.56 Å². The molecular formula is C15H17N3O4. The minimum absolute atomic E-state index is 0.215. The predicted molar refractivity (Wildman–Crippen MR) is 77.7 cm³/mol. The van der Waals surface area contributed by atoms with E-state index in [4.69, 9.17) is 9.73 Å². The molecule has 0 atom stereocenters. The molecule has 0 aliphatic rings. The Hall–Kier alpha value is -2.67. The van der Waals surface area contributed by atoms with Gasteiger partial charge in [0.1, 0.15) is 11.3 Å². The van der Waals surface area contributed by atoms with Crippen LogP contribution in [-0.4, -0.2) is 28.7 Å². The highest BCUT2D eigenvalue weighted by atomic mass is 16.5. The highest BCUT2D eigenvalue weighted by Crippen LogP contribution is 2.11. The highest BCUT2D eigenvalue weighted by molar-refractivity contribution is 5.96. The topological polar surface area (TPSA) is 104 Å². The summed E-state index contributed by atoms with van der Waals surface area (Å²) in [4.78, 5) is 23.2. The molecule has 1 aromatic carbocycles. The van der Waals surface area contributed by atoms with Crippen LogP contribution >= 0.6 is 0 Å². The summed E-state index contributed by atoms with van der Waals surface area (Å²) in [5.41, 5.74) is 3.94. The Kier molecular flexibility index (Phi) is 4.90. The first-order valence-corrected chi connectivity index (χ1v) is 6.77. The van der Waals surface area contributed by atoms with Crippen molar-refractivity contribution in [2.75, 3.05) is 6.54 Å². The normalized spacial score (nSPS) is 10.3. The third-order valence-electron chi connectivity index (χ3n) is 3.28. The van der Waals surface area contributed by atoms with Crippen molar-refractivity contribution < 1.29 is 19.3 Å². The van der Waals surface area contributed by atoms with Crippen LogP contribution in [0.2, 0.25) is 0 Å². The van der Waals surface area contributed by atoms with Gasteiger partial charge in [-0.2, -0.15) is 0 Å². The van der Waals surface area contributed by atoms with E-state index in [2.05, 4.69) is 10.5 Å². The van der Waals surface area contributed by atoms with Gasteiger partial charge in [-0.25, -0.2) is 5.48 Å². The number of hydrogen-bond donors (Lipinski definition) is 3.